The Kier molecular flexibility index (Phi) is 6.58. The fourth-order valence-electron chi connectivity index (χ4n) is 3.52. The van der Waals surface area contributed by atoms with Crippen LogP contribution in [0, 0.1) is 11.8 Å². The third kappa shape index (κ3) is 5.04. The Morgan fingerprint density at radius 2 is 2.08 bits per heavy atom. The van der Waals surface area contributed by atoms with Crippen molar-refractivity contribution in [2.45, 2.75) is 58.8 Å². The fraction of sp³-hybridized carbons (Fsp3) is 0.611. The van der Waals surface area contributed by atoms with Crippen molar-refractivity contribution in [1.82, 2.24) is 0 Å². The Morgan fingerprint density at radius 1 is 1.36 bits per heavy atom. The molecular formula is C18H26N2O4S. The lowest BCUT2D eigenvalue weighted by Crippen LogP contribution is -2.21. The van der Waals surface area contributed by atoms with Crippen molar-refractivity contribution in [2.24, 2.45) is 17.6 Å². The number of thiophene rings is 1. The Hall–Kier alpha value is -1.89. The molecule has 0 aromatic carbocycles. The highest BCUT2D eigenvalue weighted by Crippen LogP contribution is 2.40. The van der Waals surface area contributed by atoms with Gasteiger partial charge in [0.2, 0.25) is 5.91 Å². The normalized spacial score (nSPS) is 17.6. The van der Waals surface area contributed by atoms with Gasteiger partial charge in [-0.05, 0) is 36.7 Å². The van der Waals surface area contributed by atoms with E-state index in [1.165, 1.54) is 11.3 Å². The number of carbonyl (C=O) groups excluding carboxylic acids is 2. The average molecular weight is 366 g/mol. The molecule has 25 heavy (non-hydrogen) atoms. The third-order valence-electron chi connectivity index (χ3n) is 4.62. The largest absolute Gasteiger partial charge is 0.481 e. The van der Waals surface area contributed by atoms with Crippen molar-refractivity contribution in [2.75, 3.05) is 5.32 Å². The lowest BCUT2D eigenvalue weighted by atomic mass is 9.84. The second kappa shape index (κ2) is 8.47. The smallest absolute Gasteiger partial charge is 0.303 e. The number of amides is 2. The summed E-state index contributed by atoms with van der Waals surface area (Å²) >= 11 is 1.44. The molecule has 0 bridgehead atoms. The Bertz CT molecular complexity index is 668. The van der Waals surface area contributed by atoms with Crippen molar-refractivity contribution in [3.63, 3.8) is 0 Å². The van der Waals surface area contributed by atoms with E-state index in [-0.39, 0.29) is 24.7 Å². The van der Waals surface area contributed by atoms with Crippen LogP contribution in [0.15, 0.2) is 0 Å². The first-order chi connectivity index (χ1) is 11.8. The highest BCUT2D eigenvalue weighted by Gasteiger charge is 2.28. The molecule has 2 amide bonds. The zero-order valence-electron chi connectivity index (χ0n) is 14.8. The van der Waals surface area contributed by atoms with E-state index in [4.69, 9.17) is 10.8 Å². The summed E-state index contributed by atoms with van der Waals surface area (Å²) in [5.41, 5.74) is 6.98. The highest BCUT2D eigenvalue weighted by molar-refractivity contribution is 7.17. The summed E-state index contributed by atoms with van der Waals surface area (Å²) in [7, 11) is 0. The molecule has 1 aromatic heterocycles. The third-order valence-corrected chi connectivity index (χ3v) is 5.79. The molecule has 0 aliphatic heterocycles. The summed E-state index contributed by atoms with van der Waals surface area (Å²) in [6.07, 6.45) is 5.14. The van der Waals surface area contributed by atoms with Crippen LogP contribution in [0.1, 0.15) is 66.8 Å². The van der Waals surface area contributed by atoms with Gasteiger partial charge in [0.25, 0.3) is 5.91 Å². The second-order valence-corrected chi connectivity index (χ2v) is 8.03. The first-order valence-corrected chi connectivity index (χ1v) is 9.59. The van der Waals surface area contributed by atoms with Gasteiger partial charge in [0.15, 0.2) is 0 Å². The van der Waals surface area contributed by atoms with Gasteiger partial charge in [0, 0.05) is 17.7 Å². The molecule has 0 unspecified atom stereocenters. The summed E-state index contributed by atoms with van der Waals surface area (Å²) in [5, 5.41) is 12.1. The highest BCUT2D eigenvalue weighted by atomic mass is 32.1. The summed E-state index contributed by atoms with van der Waals surface area (Å²) in [4.78, 5) is 36.0. The van der Waals surface area contributed by atoms with Crippen molar-refractivity contribution in [1.29, 1.82) is 0 Å². The number of hydrogen-bond donors (Lipinski definition) is 3. The molecule has 138 valence electrons. The molecule has 0 saturated carbocycles. The molecule has 1 heterocycles. The zero-order valence-corrected chi connectivity index (χ0v) is 15.6. The van der Waals surface area contributed by atoms with Gasteiger partial charge in [0.1, 0.15) is 5.00 Å². The van der Waals surface area contributed by atoms with E-state index in [9.17, 15) is 14.4 Å². The minimum absolute atomic E-state index is 0.0598. The van der Waals surface area contributed by atoms with Crippen LogP contribution in [0.5, 0.6) is 0 Å². The van der Waals surface area contributed by atoms with Crippen molar-refractivity contribution >= 4 is 34.1 Å². The average Bonchev–Trinajstić information content (AvgIpc) is 2.83. The van der Waals surface area contributed by atoms with E-state index in [0.29, 0.717) is 16.5 Å². The number of rotatable bonds is 8. The monoisotopic (exact) mass is 366 g/mol. The molecule has 4 N–H and O–H groups in total. The topological polar surface area (TPSA) is 109 Å². The van der Waals surface area contributed by atoms with Gasteiger partial charge in [-0.1, -0.05) is 26.7 Å². The maximum atomic E-state index is 12.2. The van der Waals surface area contributed by atoms with Crippen molar-refractivity contribution < 1.29 is 19.5 Å². The van der Waals surface area contributed by atoms with Crippen LogP contribution in [0.25, 0.3) is 0 Å². The van der Waals surface area contributed by atoms with Crippen LogP contribution >= 0.6 is 11.3 Å². The fourth-order valence-corrected chi connectivity index (χ4v) is 4.91. The van der Waals surface area contributed by atoms with Crippen LogP contribution in [0.4, 0.5) is 5.00 Å². The Morgan fingerprint density at radius 3 is 2.68 bits per heavy atom. The number of carboxylic acids is 1. The first kappa shape index (κ1) is 19.4. The molecule has 2 atom stereocenters. The second-order valence-electron chi connectivity index (χ2n) is 6.93. The van der Waals surface area contributed by atoms with E-state index in [1.54, 1.807) is 6.92 Å². The van der Waals surface area contributed by atoms with E-state index >= 15 is 0 Å². The van der Waals surface area contributed by atoms with Crippen LogP contribution in [0.2, 0.25) is 0 Å². The molecule has 1 aliphatic carbocycles. The molecule has 1 aliphatic rings. The first-order valence-electron chi connectivity index (χ1n) is 8.77. The number of fused-ring (bicyclic) bond motifs is 1. The van der Waals surface area contributed by atoms with E-state index in [0.717, 1.165) is 42.5 Å². The molecular weight excluding hydrogens is 340 g/mol. The number of primary amides is 1. The summed E-state index contributed by atoms with van der Waals surface area (Å²) in [5.74, 6) is -1.36. The van der Waals surface area contributed by atoms with Gasteiger partial charge < -0.3 is 16.2 Å². The molecule has 2 rings (SSSR count). The predicted octanol–water partition coefficient (Wildman–Crippen LogP) is 3.19. The molecule has 0 radical (unpaired) electrons. The van der Waals surface area contributed by atoms with Crippen molar-refractivity contribution in [3.05, 3.63) is 16.0 Å². The maximum Gasteiger partial charge on any atom is 0.303 e. The molecule has 0 saturated heterocycles. The van der Waals surface area contributed by atoms with Gasteiger partial charge in [-0.2, -0.15) is 0 Å². The van der Waals surface area contributed by atoms with E-state index in [1.807, 2.05) is 0 Å². The molecule has 7 heteroatoms. The van der Waals surface area contributed by atoms with Gasteiger partial charge in [0.05, 0.1) is 5.56 Å². The van der Waals surface area contributed by atoms with E-state index < -0.39 is 11.9 Å². The van der Waals surface area contributed by atoms with Gasteiger partial charge in [-0.3, -0.25) is 14.4 Å². The number of anilines is 1. The molecule has 0 spiro atoms. The minimum atomic E-state index is -0.924. The van der Waals surface area contributed by atoms with Crippen LogP contribution < -0.4 is 11.1 Å². The minimum Gasteiger partial charge on any atom is -0.481 e. The quantitative estimate of drug-likeness (QED) is 0.656. The van der Waals surface area contributed by atoms with Crippen LogP contribution in [-0.2, 0) is 22.4 Å². The number of nitrogens with one attached hydrogen (secondary N) is 1. The Labute approximate surface area is 151 Å². The van der Waals surface area contributed by atoms with Crippen LogP contribution in [-0.4, -0.2) is 22.9 Å². The number of aliphatic carboxylic acids is 1. The lowest BCUT2D eigenvalue weighted by Gasteiger charge is -2.21. The lowest BCUT2D eigenvalue weighted by molar-refractivity contribution is -0.138. The van der Waals surface area contributed by atoms with Gasteiger partial charge in [-0.15, -0.1) is 11.3 Å². The van der Waals surface area contributed by atoms with E-state index in [2.05, 4.69) is 12.2 Å². The summed E-state index contributed by atoms with van der Waals surface area (Å²) in [6, 6.07) is 0. The number of nitrogens with two attached hydrogens (primary N) is 1. The summed E-state index contributed by atoms with van der Waals surface area (Å²) < 4.78 is 0. The number of carboxylic acid groups (broad SMARTS) is 1. The van der Waals surface area contributed by atoms with Crippen LogP contribution in [0.3, 0.4) is 0 Å². The molecule has 6 nitrogen and oxygen atoms in total. The maximum absolute atomic E-state index is 12.2. The van der Waals surface area contributed by atoms with Gasteiger partial charge in [-0.25, -0.2) is 0 Å². The predicted molar refractivity (Wildman–Crippen MR) is 97.9 cm³/mol. The SMILES string of the molecule is CCC[C@H]1CCc2c(sc(NC(=O)C[C@H](C)CC(=O)O)c2C(N)=O)C1. The zero-order chi connectivity index (χ0) is 18.6. The van der Waals surface area contributed by atoms with Gasteiger partial charge >= 0.3 is 5.97 Å². The Balaban J connectivity index is 2.14. The van der Waals surface area contributed by atoms with Crippen molar-refractivity contribution in [3.8, 4) is 0 Å². The number of carbonyl (C=O) groups is 3. The number of hydrogen-bond acceptors (Lipinski definition) is 4. The standard InChI is InChI=1S/C18H26N2O4S/c1-3-4-11-5-6-12-13(9-11)25-18(16(12)17(19)24)20-14(21)7-10(2)8-15(22)23/h10-11H,3-9H2,1-2H3,(H2,19,24)(H,20,21)(H,22,23)/t10-,11-/m0/s1. The molecule has 0 fully saturated rings. The molecule has 1 aromatic rings. The summed E-state index contributed by atoms with van der Waals surface area (Å²) in [6.45, 7) is 3.89.